The molecule has 0 spiro atoms. The normalized spacial score (nSPS) is 11.5. The second-order valence-electron chi connectivity index (χ2n) is 6.68. The number of aryl methyl sites for hydroxylation is 1. The van der Waals surface area contributed by atoms with Crippen LogP contribution in [0.25, 0.3) is 16.8 Å². The molecule has 0 unspecified atom stereocenters. The van der Waals surface area contributed by atoms with Gasteiger partial charge in [0.25, 0.3) is 11.5 Å². The molecule has 4 rings (SSSR count). The van der Waals surface area contributed by atoms with Gasteiger partial charge in [0.1, 0.15) is 11.3 Å². The van der Waals surface area contributed by atoms with Crippen LogP contribution >= 0.6 is 0 Å². The Bertz CT molecular complexity index is 1360. The zero-order valence-corrected chi connectivity index (χ0v) is 16.7. The van der Waals surface area contributed by atoms with Crippen molar-refractivity contribution in [3.05, 3.63) is 69.8 Å². The van der Waals surface area contributed by atoms with Gasteiger partial charge in [0.15, 0.2) is 11.5 Å². The van der Waals surface area contributed by atoms with E-state index in [-0.39, 0.29) is 34.2 Å². The van der Waals surface area contributed by atoms with E-state index in [2.05, 4.69) is 25.6 Å². The van der Waals surface area contributed by atoms with Crippen molar-refractivity contribution in [3.8, 4) is 17.0 Å². The highest BCUT2D eigenvalue weighted by Crippen LogP contribution is 2.38. The summed E-state index contributed by atoms with van der Waals surface area (Å²) in [5.74, 6) is -0.660. The Morgan fingerprint density at radius 3 is 2.44 bits per heavy atom. The number of carbonyl (C=O) groups excluding carboxylic acids is 1. The lowest BCUT2D eigenvalue weighted by Crippen LogP contribution is -2.29. The standard InChI is InChI=1S/C20H15F3N6O3/c1-10-14(18(30)25-12-8-9-13(32-2)27-26-12)19(31)29-17(24-10)15(11-6-4-3-5-7-11)16(28-29)20(21,22)23/h3-9,28H,1-2H3,(H,25,26,30). The Hall–Kier alpha value is -4.22. The molecule has 0 aliphatic heterocycles. The number of carbonyl (C=O) groups is 1. The smallest absolute Gasteiger partial charge is 0.433 e. The minimum absolute atomic E-state index is 0.0205. The number of fused-ring (bicyclic) bond motifs is 1. The minimum Gasteiger partial charge on any atom is -0.480 e. The summed E-state index contributed by atoms with van der Waals surface area (Å²) in [5, 5.41) is 11.9. The largest absolute Gasteiger partial charge is 0.480 e. The SMILES string of the molecule is COc1ccc(NC(=O)c2c(C)nc3c(-c4ccccc4)c(C(F)(F)F)[nH]n3c2=O)nn1. The van der Waals surface area contributed by atoms with Gasteiger partial charge in [-0.2, -0.15) is 17.7 Å². The van der Waals surface area contributed by atoms with Crippen molar-refractivity contribution >= 4 is 17.4 Å². The maximum Gasteiger partial charge on any atom is 0.433 e. The van der Waals surface area contributed by atoms with Crippen molar-refractivity contribution in [3.63, 3.8) is 0 Å². The van der Waals surface area contributed by atoms with Crippen molar-refractivity contribution in [2.24, 2.45) is 0 Å². The zero-order chi connectivity index (χ0) is 23.0. The molecule has 0 aliphatic rings. The monoisotopic (exact) mass is 444 g/mol. The van der Waals surface area contributed by atoms with Gasteiger partial charge in [-0.25, -0.2) is 4.98 Å². The van der Waals surface area contributed by atoms with Gasteiger partial charge in [-0.15, -0.1) is 10.2 Å². The number of halogens is 3. The molecule has 164 valence electrons. The lowest BCUT2D eigenvalue weighted by Gasteiger charge is -2.08. The quantitative estimate of drug-likeness (QED) is 0.500. The molecule has 9 nitrogen and oxygen atoms in total. The summed E-state index contributed by atoms with van der Waals surface area (Å²) in [7, 11) is 1.39. The van der Waals surface area contributed by atoms with Gasteiger partial charge in [0.05, 0.1) is 18.4 Å². The lowest BCUT2D eigenvalue weighted by molar-refractivity contribution is -0.140. The van der Waals surface area contributed by atoms with E-state index < -0.39 is 28.9 Å². The van der Waals surface area contributed by atoms with Gasteiger partial charge in [-0.1, -0.05) is 30.3 Å². The van der Waals surface area contributed by atoms with E-state index in [1.165, 1.54) is 38.3 Å². The highest BCUT2D eigenvalue weighted by molar-refractivity contribution is 6.04. The second-order valence-corrected chi connectivity index (χ2v) is 6.68. The molecule has 3 aromatic heterocycles. The zero-order valence-electron chi connectivity index (χ0n) is 16.7. The fraction of sp³-hybridized carbons (Fsp3) is 0.150. The summed E-state index contributed by atoms with van der Waals surface area (Å²) < 4.78 is 46.7. The fourth-order valence-electron chi connectivity index (χ4n) is 3.20. The van der Waals surface area contributed by atoms with E-state index in [9.17, 15) is 22.8 Å². The van der Waals surface area contributed by atoms with Crippen LogP contribution in [0.5, 0.6) is 5.88 Å². The third-order valence-electron chi connectivity index (χ3n) is 4.63. The number of rotatable bonds is 4. The molecule has 4 aromatic rings. The first-order chi connectivity index (χ1) is 15.2. The van der Waals surface area contributed by atoms with Crippen LogP contribution < -0.4 is 15.6 Å². The van der Waals surface area contributed by atoms with E-state index in [4.69, 9.17) is 4.74 Å². The molecule has 1 amide bonds. The third-order valence-corrected chi connectivity index (χ3v) is 4.63. The molecule has 0 radical (unpaired) electrons. The van der Waals surface area contributed by atoms with E-state index in [1.54, 1.807) is 18.2 Å². The molecular weight excluding hydrogens is 429 g/mol. The van der Waals surface area contributed by atoms with Crippen molar-refractivity contribution in [2.45, 2.75) is 13.1 Å². The van der Waals surface area contributed by atoms with Gasteiger partial charge in [0.2, 0.25) is 5.88 Å². The summed E-state index contributed by atoms with van der Waals surface area (Å²) in [6.07, 6.45) is -4.79. The molecule has 32 heavy (non-hydrogen) atoms. The maximum atomic E-state index is 13.7. The number of methoxy groups -OCH3 is 1. The van der Waals surface area contributed by atoms with E-state index in [0.29, 0.717) is 4.52 Å². The molecule has 2 N–H and O–H groups in total. The van der Waals surface area contributed by atoms with Crippen LogP contribution in [0.2, 0.25) is 0 Å². The Labute approximate surface area is 177 Å². The number of amides is 1. The lowest BCUT2D eigenvalue weighted by atomic mass is 10.1. The average Bonchev–Trinajstić information content (AvgIpc) is 3.15. The summed E-state index contributed by atoms with van der Waals surface area (Å²) in [6, 6.07) is 10.6. The molecule has 3 heterocycles. The van der Waals surface area contributed by atoms with Crippen LogP contribution in [0.4, 0.5) is 19.0 Å². The number of nitrogens with zero attached hydrogens (tertiary/aromatic N) is 4. The predicted octanol–water partition coefficient (Wildman–Crippen LogP) is 3.07. The second kappa shape index (κ2) is 7.80. The summed E-state index contributed by atoms with van der Waals surface area (Å²) in [6.45, 7) is 1.37. The maximum absolute atomic E-state index is 13.7. The number of nitrogens with one attached hydrogen (secondary N) is 2. The van der Waals surface area contributed by atoms with Gasteiger partial charge in [-0.05, 0) is 18.6 Å². The molecule has 1 aromatic carbocycles. The van der Waals surface area contributed by atoms with Crippen LogP contribution in [0.15, 0.2) is 47.3 Å². The van der Waals surface area contributed by atoms with Gasteiger partial charge >= 0.3 is 6.18 Å². The molecule has 0 atom stereocenters. The summed E-state index contributed by atoms with van der Waals surface area (Å²) >= 11 is 0. The van der Waals surface area contributed by atoms with Crippen LogP contribution in [-0.2, 0) is 6.18 Å². The van der Waals surface area contributed by atoms with Gasteiger partial charge in [0, 0.05) is 6.07 Å². The Balaban J connectivity index is 1.86. The van der Waals surface area contributed by atoms with Crippen molar-refractivity contribution in [1.82, 2.24) is 24.8 Å². The number of alkyl halides is 3. The van der Waals surface area contributed by atoms with Crippen LogP contribution in [0.3, 0.4) is 0 Å². The number of aromatic nitrogens is 5. The van der Waals surface area contributed by atoms with Gasteiger partial charge < -0.3 is 10.1 Å². The minimum atomic E-state index is -4.79. The van der Waals surface area contributed by atoms with Crippen molar-refractivity contribution in [1.29, 1.82) is 0 Å². The Morgan fingerprint density at radius 2 is 1.84 bits per heavy atom. The third kappa shape index (κ3) is 3.66. The topological polar surface area (TPSA) is 114 Å². The van der Waals surface area contributed by atoms with Crippen molar-refractivity contribution in [2.75, 3.05) is 12.4 Å². The van der Waals surface area contributed by atoms with Crippen LogP contribution in [0.1, 0.15) is 21.7 Å². The molecule has 0 saturated heterocycles. The number of benzene rings is 1. The molecule has 0 saturated carbocycles. The van der Waals surface area contributed by atoms with E-state index >= 15 is 0 Å². The predicted molar refractivity (Wildman–Crippen MR) is 108 cm³/mol. The molecule has 0 aliphatic carbocycles. The fourth-order valence-corrected chi connectivity index (χ4v) is 3.20. The highest BCUT2D eigenvalue weighted by atomic mass is 19.4. The summed E-state index contributed by atoms with van der Waals surface area (Å²) in [4.78, 5) is 29.9. The van der Waals surface area contributed by atoms with Crippen molar-refractivity contribution < 1.29 is 22.7 Å². The number of ether oxygens (including phenoxy) is 1. The number of hydrogen-bond donors (Lipinski definition) is 2. The Morgan fingerprint density at radius 1 is 1.12 bits per heavy atom. The van der Waals surface area contributed by atoms with E-state index in [1.807, 2.05) is 0 Å². The average molecular weight is 444 g/mol. The van der Waals surface area contributed by atoms with Gasteiger partial charge in [-0.3, -0.25) is 14.7 Å². The van der Waals surface area contributed by atoms with Crippen LogP contribution in [0, 0.1) is 6.92 Å². The molecule has 0 fully saturated rings. The number of hydrogen-bond acceptors (Lipinski definition) is 6. The number of aromatic amines is 1. The molecule has 12 heteroatoms. The first-order valence-electron chi connectivity index (χ1n) is 9.17. The molecule has 0 bridgehead atoms. The first-order valence-corrected chi connectivity index (χ1v) is 9.17. The number of H-pyrrole nitrogens is 1. The first kappa shape index (κ1) is 21.0. The Kier molecular flexibility index (Phi) is 5.12. The number of anilines is 1. The molecular formula is C20H15F3N6O3. The van der Waals surface area contributed by atoms with E-state index in [0.717, 1.165) is 0 Å². The highest BCUT2D eigenvalue weighted by Gasteiger charge is 2.38. The van der Waals surface area contributed by atoms with Crippen LogP contribution in [-0.4, -0.2) is 37.8 Å². The summed E-state index contributed by atoms with van der Waals surface area (Å²) in [5.41, 5.74) is -2.92.